The van der Waals surface area contributed by atoms with Crippen molar-refractivity contribution in [1.29, 1.82) is 5.26 Å². The van der Waals surface area contributed by atoms with Crippen molar-refractivity contribution in [2.24, 2.45) is 0 Å². The van der Waals surface area contributed by atoms with Crippen LogP contribution in [0.4, 0.5) is 0 Å². The highest BCUT2D eigenvalue weighted by molar-refractivity contribution is 5.76. The summed E-state index contributed by atoms with van der Waals surface area (Å²) in [7, 11) is 0. The lowest BCUT2D eigenvalue weighted by molar-refractivity contribution is -0.152. The molecule has 0 fully saturated rings. The molecule has 0 unspecified atom stereocenters. The molecule has 0 radical (unpaired) electrons. The molecular weight excluding hydrogens is 420 g/mol. The summed E-state index contributed by atoms with van der Waals surface area (Å²) in [6, 6.07) is 16.6. The van der Waals surface area contributed by atoms with E-state index in [1.54, 1.807) is 28.8 Å². The van der Waals surface area contributed by atoms with E-state index >= 15 is 0 Å². The Labute approximate surface area is 192 Å². The second kappa shape index (κ2) is 10.2. The van der Waals surface area contributed by atoms with Gasteiger partial charge in [-0.2, -0.15) is 10.4 Å². The summed E-state index contributed by atoms with van der Waals surface area (Å²) in [4.78, 5) is 23.9. The van der Waals surface area contributed by atoms with Crippen LogP contribution in [0.2, 0.25) is 0 Å². The van der Waals surface area contributed by atoms with E-state index in [0.29, 0.717) is 30.8 Å². The maximum Gasteiger partial charge on any atom is 0.347 e. The molecule has 0 aliphatic heterocycles. The van der Waals surface area contributed by atoms with Crippen molar-refractivity contribution >= 4 is 5.97 Å². The minimum Gasteiger partial charge on any atom is -0.478 e. The Hall–Kier alpha value is -3.86. The summed E-state index contributed by atoms with van der Waals surface area (Å²) in [5.74, 6) is 0.235. The van der Waals surface area contributed by atoms with Gasteiger partial charge in [-0.15, -0.1) is 0 Å². The van der Waals surface area contributed by atoms with Crippen LogP contribution >= 0.6 is 0 Å². The zero-order valence-electron chi connectivity index (χ0n) is 19.1. The largest absolute Gasteiger partial charge is 0.478 e. The standard InChI is InChI=1S/C25H28N4O4/c1-4-28-22(27-29(24(28)32)17-20-10-8-19(16-26)9-11-20)7-5-6-18-12-14-21(15-13-18)33-25(2,3)23(30)31/h8-15H,4-7,17H2,1-3H3,(H,30,31). The first-order valence-electron chi connectivity index (χ1n) is 10.9. The molecule has 2 aromatic carbocycles. The summed E-state index contributed by atoms with van der Waals surface area (Å²) in [5.41, 5.74) is 1.16. The van der Waals surface area contributed by atoms with Gasteiger partial charge in [0.15, 0.2) is 5.60 Å². The van der Waals surface area contributed by atoms with E-state index in [1.165, 1.54) is 18.5 Å². The first-order valence-corrected chi connectivity index (χ1v) is 10.9. The average molecular weight is 449 g/mol. The third-order valence-electron chi connectivity index (χ3n) is 5.41. The molecule has 0 spiro atoms. The maximum atomic E-state index is 12.7. The molecule has 0 saturated carbocycles. The molecule has 0 saturated heterocycles. The molecule has 0 bridgehead atoms. The van der Waals surface area contributed by atoms with Gasteiger partial charge in [-0.3, -0.25) is 4.57 Å². The lowest BCUT2D eigenvalue weighted by Gasteiger charge is -2.21. The van der Waals surface area contributed by atoms with Gasteiger partial charge in [0, 0.05) is 13.0 Å². The highest BCUT2D eigenvalue weighted by atomic mass is 16.5. The van der Waals surface area contributed by atoms with Crippen LogP contribution in [0.15, 0.2) is 53.3 Å². The lowest BCUT2D eigenvalue weighted by atomic mass is 10.1. The third-order valence-corrected chi connectivity index (χ3v) is 5.41. The van der Waals surface area contributed by atoms with Crippen molar-refractivity contribution in [3.8, 4) is 11.8 Å². The molecule has 0 aliphatic rings. The molecule has 8 heteroatoms. The van der Waals surface area contributed by atoms with E-state index in [-0.39, 0.29) is 5.69 Å². The number of carboxylic acids is 1. The van der Waals surface area contributed by atoms with E-state index < -0.39 is 11.6 Å². The molecule has 33 heavy (non-hydrogen) atoms. The Morgan fingerprint density at radius 2 is 1.73 bits per heavy atom. The number of aliphatic carboxylic acids is 1. The number of nitriles is 1. The van der Waals surface area contributed by atoms with E-state index in [1.807, 2.05) is 31.2 Å². The topological polar surface area (TPSA) is 110 Å². The van der Waals surface area contributed by atoms with Crippen LogP contribution in [-0.2, 0) is 30.7 Å². The number of carbonyl (C=O) groups is 1. The van der Waals surface area contributed by atoms with Gasteiger partial charge in [0.05, 0.1) is 18.2 Å². The average Bonchev–Trinajstić information content (AvgIpc) is 3.09. The van der Waals surface area contributed by atoms with Crippen LogP contribution < -0.4 is 10.4 Å². The molecule has 0 amide bonds. The fourth-order valence-electron chi connectivity index (χ4n) is 3.46. The fourth-order valence-corrected chi connectivity index (χ4v) is 3.46. The van der Waals surface area contributed by atoms with Gasteiger partial charge in [0.2, 0.25) is 0 Å². The zero-order chi connectivity index (χ0) is 24.0. The van der Waals surface area contributed by atoms with Gasteiger partial charge in [0.25, 0.3) is 0 Å². The summed E-state index contributed by atoms with van der Waals surface area (Å²) in [5, 5.41) is 22.7. The van der Waals surface area contributed by atoms with E-state index in [0.717, 1.165) is 29.8 Å². The molecule has 0 aliphatic carbocycles. The second-order valence-corrected chi connectivity index (χ2v) is 8.32. The van der Waals surface area contributed by atoms with Gasteiger partial charge in [-0.25, -0.2) is 14.3 Å². The summed E-state index contributed by atoms with van der Waals surface area (Å²) in [6.45, 7) is 5.86. The number of rotatable bonds is 10. The number of hydrogen-bond acceptors (Lipinski definition) is 5. The second-order valence-electron chi connectivity index (χ2n) is 8.32. The van der Waals surface area contributed by atoms with Crippen LogP contribution in [0, 0.1) is 11.3 Å². The normalized spacial score (nSPS) is 11.2. The van der Waals surface area contributed by atoms with Crippen LogP contribution in [-0.4, -0.2) is 31.0 Å². The Kier molecular flexibility index (Phi) is 7.34. The molecule has 0 atom stereocenters. The highest BCUT2D eigenvalue weighted by Crippen LogP contribution is 2.20. The minimum absolute atomic E-state index is 0.139. The monoisotopic (exact) mass is 448 g/mol. The zero-order valence-corrected chi connectivity index (χ0v) is 19.1. The van der Waals surface area contributed by atoms with Crippen LogP contribution in [0.5, 0.6) is 5.75 Å². The van der Waals surface area contributed by atoms with Gasteiger partial charge < -0.3 is 9.84 Å². The van der Waals surface area contributed by atoms with Crippen molar-refractivity contribution in [2.75, 3.05) is 0 Å². The third kappa shape index (κ3) is 5.89. The Morgan fingerprint density at radius 3 is 2.30 bits per heavy atom. The molecule has 1 aromatic heterocycles. The molecule has 3 rings (SSSR count). The number of aromatic nitrogens is 3. The quantitative estimate of drug-likeness (QED) is 0.509. The van der Waals surface area contributed by atoms with Crippen molar-refractivity contribution in [3.63, 3.8) is 0 Å². The summed E-state index contributed by atoms with van der Waals surface area (Å²) < 4.78 is 8.69. The molecular formula is C25H28N4O4. The minimum atomic E-state index is -1.29. The van der Waals surface area contributed by atoms with E-state index in [2.05, 4.69) is 11.2 Å². The lowest BCUT2D eigenvalue weighted by Crippen LogP contribution is -2.37. The molecule has 1 N–H and O–H groups in total. The fraction of sp³-hybridized carbons (Fsp3) is 0.360. The Bertz CT molecular complexity index is 1200. The molecule has 1 heterocycles. The van der Waals surface area contributed by atoms with Gasteiger partial charge in [-0.1, -0.05) is 24.3 Å². The Morgan fingerprint density at radius 1 is 1.09 bits per heavy atom. The summed E-state index contributed by atoms with van der Waals surface area (Å²) >= 11 is 0. The number of ether oxygens (including phenoxy) is 1. The molecule has 172 valence electrons. The first kappa shape index (κ1) is 23.8. The smallest absolute Gasteiger partial charge is 0.347 e. The number of nitrogens with zero attached hydrogens (tertiary/aromatic N) is 4. The SMILES string of the molecule is CCn1c(CCCc2ccc(OC(C)(C)C(=O)O)cc2)nn(Cc2ccc(C#N)cc2)c1=O. The van der Waals surface area contributed by atoms with E-state index in [4.69, 9.17) is 10.00 Å². The number of aryl methyl sites for hydroxylation is 2. The van der Waals surface area contributed by atoms with Crippen molar-refractivity contribution in [2.45, 2.75) is 58.7 Å². The van der Waals surface area contributed by atoms with Gasteiger partial charge in [0.1, 0.15) is 11.6 Å². The predicted octanol–water partition coefficient (Wildman–Crippen LogP) is 3.40. The van der Waals surface area contributed by atoms with Crippen LogP contribution in [0.1, 0.15) is 49.7 Å². The predicted molar refractivity (Wildman–Crippen MR) is 123 cm³/mol. The molecule has 8 nitrogen and oxygen atoms in total. The van der Waals surface area contributed by atoms with Crippen LogP contribution in [0.25, 0.3) is 0 Å². The summed E-state index contributed by atoms with van der Waals surface area (Å²) in [6.07, 6.45) is 2.27. The first-order chi connectivity index (χ1) is 15.7. The van der Waals surface area contributed by atoms with E-state index in [9.17, 15) is 14.7 Å². The number of carboxylic acid groups (broad SMARTS) is 1. The number of hydrogen-bond donors (Lipinski definition) is 1. The van der Waals surface area contributed by atoms with Crippen molar-refractivity contribution < 1.29 is 14.6 Å². The number of benzene rings is 2. The van der Waals surface area contributed by atoms with Crippen molar-refractivity contribution in [1.82, 2.24) is 14.3 Å². The molecule has 3 aromatic rings. The Balaban J connectivity index is 1.62. The highest BCUT2D eigenvalue weighted by Gasteiger charge is 2.29. The van der Waals surface area contributed by atoms with Crippen molar-refractivity contribution in [3.05, 3.63) is 81.5 Å². The van der Waals surface area contributed by atoms with Crippen LogP contribution in [0.3, 0.4) is 0 Å². The van der Waals surface area contributed by atoms with Gasteiger partial charge >= 0.3 is 11.7 Å². The maximum absolute atomic E-state index is 12.7. The van der Waals surface area contributed by atoms with Gasteiger partial charge in [-0.05, 0) is 69.0 Å².